The van der Waals surface area contributed by atoms with Gasteiger partial charge in [0.05, 0.1) is 12.1 Å². The molecule has 4 nitrogen and oxygen atoms in total. The predicted molar refractivity (Wildman–Crippen MR) is 68.9 cm³/mol. The lowest BCUT2D eigenvalue weighted by Gasteiger charge is -2.34. The SMILES string of the molecule is CCCC(C)(CO)NC(=O)NC(C)C1CCC1. The highest BCUT2D eigenvalue weighted by Crippen LogP contribution is 2.29. The summed E-state index contributed by atoms with van der Waals surface area (Å²) in [6, 6.07) is 0.0720. The number of hydrogen-bond donors (Lipinski definition) is 3. The van der Waals surface area contributed by atoms with Crippen molar-refractivity contribution in [3.8, 4) is 0 Å². The van der Waals surface area contributed by atoms with Crippen LogP contribution < -0.4 is 10.6 Å². The third-order valence-electron chi connectivity index (χ3n) is 3.78. The van der Waals surface area contributed by atoms with Gasteiger partial charge < -0.3 is 15.7 Å². The third kappa shape index (κ3) is 4.19. The summed E-state index contributed by atoms with van der Waals surface area (Å²) in [7, 11) is 0. The molecule has 2 unspecified atom stereocenters. The fourth-order valence-corrected chi connectivity index (χ4v) is 2.31. The molecule has 1 saturated carbocycles. The topological polar surface area (TPSA) is 61.4 Å². The number of carbonyl (C=O) groups excluding carboxylic acids is 1. The van der Waals surface area contributed by atoms with Crippen LogP contribution in [0.5, 0.6) is 0 Å². The number of nitrogens with one attached hydrogen (secondary N) is 2. The van der Waals surface area contributed by atoms with E-state index >= 15 is 0 Å². The Morgan fingerprint density at radius 2 is 2.18 bits per heavy atom. The van der Waals surface area contributed by atoms with Crippen molar-refractivity contribution in [1.82, 2.24) is 10.6 Å². The van der Waals surface area contributed by atoms with Crippen molar-refractivity contribution in [2.45, 2.75) is 64.5 Å². The minimum absolute atomic E-state index is 0.0218. The highest BCUT2D eigenvalue weighted by molar-refractivity contribution is 5.75. The fourth-order valence-electron chi connectivity index (χ4n) is 2.31. The maximum Gasteiger partial charge on any atom is 0.315 e. The van der Waals surface area contributed by atoms with Gasteiger partial charge in [0.15, 0.2) is 0 Å². The summed E-state index contributed by atoms with van der Waals surface area (Å²) in [5.74, 6) is 0.632. The van der Waals surface area contributed by atoms with Crippen molar-refractivity contribution in [1.29, 1.82) is 0 Å². The van der Waals surface area contributed by atoms with Crippen LogP contribution in [0.2, 0.25) is 0 Å². The number of urea groups is 1. The van der Waals surface area contributed by atoms with Gasteiger partial charge in [0, 0.05) is 6.04 Å². The van der Waals surface area contributed by atoms with Crippen LogP contribution in [0.3, 0.4) is 0 Å². The van der Waals surface area contributed by atoms with E-state index in [0.717, 1.165) is 12.8 Å². The normalized spacial score (nSPS) is 21.2. The molecule has 1 rings (SSSR count). The zero-order valence-corrected chi connectivity index (χ0v) is 11.3. The number of amides is 2. The molecule has 0 saturated heterocycles. The molecule has 0 aromatic carbocycles. The smallest absolute Gasteiger partial charge is 0.315 e. The van der Waals surface area contributed by atoms with Gasteiger partial charge in [-0.1, -0.05) is 19.8 Å². The molecule has 1 fully saturated rings. The first-order chi connectivity index (χ1) is 8.00. The van der Waals surface area contributed by atoms with Crippen molar-refractivity contribution >= 4 is 6.03 Å². The molecule has 4 heteroatoms. The molecule has 1 aliphatic carbocycles. The van der Waals surface area contributed by atoms with Crippen LogP contribution in [-0.4, -0.2) is 29.3 Å². The van der Waals surface area contributed by atoms with Gasteiger partial charge in [-0.2, -0.15) is 0 Å². The van der Waals surface area contributed by atoms with Crippen molar-refractivity contribution < 1.29 is 9.90 Å². The van der Waals surface area contributed by atoms with Crippen LogP contribution in [-0.2, 0) is 0 Å². The minimum atomic E-state index is -0.502. The van der Waals surface area contributed by atoms with Crippen LogP contribution in [0.25, 0.3) is 0 Å². The Hall–Kier alpha value is -0.770. The lowest BCUT2D eigenvalue weighted by molar-refractivity contribution is 0.158. The largest absolute Gasteiger partial charge is 0.394 e. The predicted octanol–water partition coefficient (Wildman–Crippen LogP) is 2.03. The first-order valence-corrected chi connectivity index (χ1v) is 6.70. The average molecular weight is 242 g/mol. The lowest BCUT2D eigenvalue weighted by atomic mass is 9.80. The maximum atomic E-state index is 11.8. The molecule has 3 N–H and O–H groups in total. The van der Waals surface area contributed by atoms with Gasteiger partial charge in [0.2, 0.25) is 0 Å². The summed E-state index contributed by atoms with van der Waals surface area (Å²) in [6.07, 6.45) is 5.44. The molecule has 1 aliphatic rings. The van der Waals surface area contributed by atoms with E-state index in [1.807, 2.05) is 13.8 Å². The molecule has 0 aromatic rings. The molecule has 0 bridgehead atoms. The van der Waals surface area contributed by atoms with E-state index in [9.17, 15) is 9.90 Å². The minimum Gasteiger partial charge on any atom is -0.394 e. The van der Waals surface area contributed by atoms with Crippen LogP contribution in [0, 0.1) is 5.92 Å². The highest BCUT2D eigenvalue weighted by Gasteiger charge is 2.28. The number of aliphatic hydroxyl groups is 1. The molecule has 17 heavy (non-hydrogen) atoms. The van der Waals surface area contributed by atoms with Crippen LogP contribution in [0.1, 0.15) is 52.9 Å². The second-order valence-electron chi connectivity index (χ2n) is 5.55. The number of rotatable bonds is 6. The van der Waals surface area contributed by atoms with Crippen LogP contribution in [0.4, 0.5) is 4.79 Å². The monoisotopic (exact) mass is 242 g/mol. The van der Waals surface area contributed by atoms with E-state index in [4.69, 9.17) is 0 Å². The van der Waals surface area contributed by atoms with Crippen LogP contribution >= 0.6 is 0 Å². The molecule has 2 atom stereocenters. The molecule has 100 valence electrons. The fraction of sp³-hybridized carbons (Fsp3) is 0.923. The molecule has 0 aromatic heterocycles. The second kappa shape index (κ2) is 6.24. The zero-order valence-electron chi connectivity index (χ0n) is 11.3. The molecule has 0 radical (unpaired) electrons. The number of carbonyl (C=O) groups is 1. The summed E-state index contributed by atoms with van der Waals surface area (Å²) in [5, 5.41) is 15.2. The number of hydrogen-bond acceptors (Lipinski definition) is 2. The third-order valence-corrected chi connectivity index (χ3v) is 3.78. The van der Waals surface area contributed by atoms with Gasteiger partial charge in [-0.15, -0.1) is 0 Å². The van der Waals surface area contributed by atoms with E-state index in [2.05, 4.69) is 17.6 Å². The standard InChI is InChI=1S/C13H26N2O2/c1-4-8-13(3,9-16)15-12(17)14-10(2)11-6-5-7-11/h10-11,16H,4-9H2,1-3H3,(H2,14,15,17). The van der Waals surface area contributed by atoms with Gasteiger partial charge in [-0.3, -0.25) is 0 Å². The van der Waals surface area contributed by atoms with E-state index in [-0.39, 0.29) is 18.7 Å². The Bertz CT molecular complexity index is 254. The van der Waals surface area contributed by atoms with Gasteiger partial charge in [0.25, 0.3) is 0 Å². The van der Waals surface area contributed by atoms with Gasteiger partial charge >= 0.3 is 6.03 Å². The van der Waals surface area contributed by atoms with E-state index in [1.165, 1.54) is 19.3 Å². The molecule has 0 heterocycles. The van der Waals surface area contributed by atoms with Crippen molar-refractivity contribution in [3.63, 3.8) is 0 Å². The Balaban J connectivity index is 2.36. The Labute approximate surface area is 104 Å². The van der Waals surface area contributed by atoms with E-state index < -0.39 is 5.54 Å². The molecular formula is C13H26N2O2. The Kier molecular flexibility index (Phi) is 5.25. The summed E-state index contributed by atoms with van der Waals surface area (Å²) in [6.45, 7) is 5.96. The summed E-state index contributed by atoms with van der Waals surface area (Å²) in [5.41, 5.74) is -0.502. The lowest BCUT2D eigenvalue weighted by Crippen LogP contribution is -2.55. The van der Waals surface area contributed by atoms with Gasteiger partial charge in [0.1, 0.15) is 0 Å². The maximum absolute atomic E-state index is 11.8. The van der Waals surface area contributed by atoms with Crippen LogP contribution in [0.15, 0.2) is 0 Å². The zero-order chi connectivity index (χ0) is 12.9. The van der Waals surface area contributed by atoms with Gasteiger partial charge in [-0.25, -0.2) is 4.79 Å². The van der Waals surface area contributed by atoms with Crippen molar-refractivity contribution in [2.75, 3.05) is 6.61 Å². The Morgan fingerprint density at radius 3 is 2.59 bits per heavy atom. The van der Waals surface area contributed by atoms with Crippen molar-refractivity contribution in [3.05, 3.63) is 0 Å². The summed E-state index contributed by atoms with van der Waals surface area (Å²) < 4.78 is 0. The number of aliphatic hydroxyl groups excluding tert-OH is 1. The van der Waals surface area contributed by atoms with E-state index in [1.54, 1.807) is 0 Å². The highest BCUT2D eigenvalue weighted by atomic mass is 16.3. The summed E-state index contributed by atoms with van der Waals surface area (Å²) in [4.78, 5) is 11.8. The average Bonchev–Trinajstić information content (AvgIpc) is 2.14. The Morgan fingerprint density at radius 1 is 1.53 bits per heavy atom. The second-order valence-corrected chi connectivity index (χ2v) is 5.55. The van der Waals surface area contributed by atoms with Gasteiger partial charge in [-0.05, 0) is 39.0 Å². The summed E-state index contributed by atoms with van der Waals surface area (Å²) >= 11 is 0. The molecular weight excluding hydrogens is 216 g/mol. The molecule has 0 spiro atoms. The molecule has 2 amide bonds. The van der Waals surface area contributed by atoms with Crippen molar-refractivity contribution in [2.24, 2.45) is 5.92 Å². The van der Waals surface area contributed by atoms with E-state index in [0.29, 0.717) is 5.92 Å². The first kappa shape index (κ1) is 14.3. The first-order valence-electron chi connectivity index (χ1n) is 6.70. The quantitative estimate of drug-likeness (QED) is 0.667. The molecule has 0 aliphatic heterocycles.